The largest absolute Gasteiger partial charge is 0.252 e. The van der Waals surface area contributed by atoms with Gasteiger partial charge in [-0.05, 0) is 17.0 Å². The number of para-hydroxylation sites is 1. The number of benzene rings is 3. The first-order chi connectivity index (χ1) is 10.8. The second-order valence-electron chi connectivity index (χ2n) is 5.20. The average molecular weight is 270 g/mol. The molecule has 1 heteroatoms. The van der Waals surface area contributed by atoms with Crippen LogP contribution in [0.5, 0.6) is 0 Å². The van der Waals surface area contributed by atoms with E-state index in [0.717, 1.165) is 33.8 Å². The normalized spacial score (nSPS) is 11.7. The first-order valence-electron chi connectivity index (χ1n) is 7.64. The maximum Gasteiger partial charge on any atom is 0.0711 e. The van der Waals surface area contributed by atoms with Crippen LogP contribution in [0.15, 0.2) is 78.8 Å². The van der Waals surface area contributed by atoms with E-state index in [2.05, 4.69) is 36.4 Å². The smallest absolute Gasteiger partial charge is 0.0711 e. The monoisotopic (exact) mass is 270 g/mol. The van der Waals surface area contributed by atoms with Gasteiger partial charge < -0.3 is 0 Å². The average Bonchev–Trinajstić information content (AvgIpc) is 2.56. The lowest BCUT2D eigenvalue weighted by Crippen LogP contribution is -1.95. The maximum atomic E-state index is 8.29. The summed E-state index contributed by atoms with van der Waals surface area (Å²) in [5, 5.41) is 3.13. The van der Waals surface area contributed by atoms with E-state index in [1.54, 1.807) is 0 Å². The zero-order valence-electron chi connectivity index (χ0n) is 12.6. The van der Waals surface area contributed by atoms with Crippen molar-refractivity contribution >= 4 is 21.7 Å². The van der Waals surface area contributed by atoms with Gasteiger partial charge in [-0.1, -0.05) is 72.8 Å². The molecule has 0 N–H and O–H groups in total. The number of hydrogen-bond donors (Lipinski definition) is 0. The van der Waals surface area contributed by atoms with Gasteiger partial charge in [-0.25, -0.2) is 0 Å². The molecule has 0 radical (unpaired) electrons. The van der Waals surface area contributed by atoms with Gasteiger partial charge in [-0.3, -0.25) is 4.98 Å². The van der Waals surface area contributed by atoms with Gasteiger partial charge in [-0.15, -0.1) is 0 Å². The molecule has 0 aliphatic rings. The van der Waals surface area contributed by atoms with E-state index < -0.39 is 0 Å². The molecule has 1 aromatic heterocycles. The van der Waals surface area contributed by atoms with E-state index in [1.807, 2.05) is 36.4 Å². The van der Waals surface area contributed by atoms with Gasteiger partial charge >= 0.3 is 0 Å². The van der Waals surface area contributed by atoms with Crippen LogP contribution in [0.25, 0.3) is 21.7 Å². The SMILES string of the molecule is [2H]c1cccc2c(Cc3ccccc3)nc3ccccc3c12. The van der Waals surface area contributed by atoms with Crippen LogP contribution in [0.1, 0.15) is 12.6 Å². The minimum absolute atomic E-state index is 0.561. The summed E-state index contributed by atoms with van der Waals surface area (Å²) in [7, 11) is 0. The second-order valence-corrected chi connectivity index (χ2v) is 5.20. The summed E-state index contributed by atoms with van der Waals surface area (Å²) in [6.45, 7) is 0. The first-order valence-corrected chi connectivity index (χ1v) is 7.14. The molecule has 0 atom stereocenters. The first kappa shape index (κ1) is 11.0. The van der Waals surface area contributed by atoms with Crippen LogP contribution in [0, 0.1) is 0 Å². The topological polar surface area (TPSA) is 12.9 Å². The van der Waals surface area contributed by atoms with Crippen molar-refractivity contribution in [3.05, 3.63) is 90.1 Å². The van der Waals surface area contributed by atoms with Crippen molar-refractivity contribution in [1.82, 2.24) is 4.98 Å². The van der Waals surface area contributed by atoms with E-state index >= 15 is 0 Å². The Labute approximate surface area is 125 Å². The molecule has 0 amide bonds. The molecule has 4 aromatic rings. The van der Waals surface area contributed by atoms with Crippen LogP contribution < -0.4 is 0 Å². The highest BCUT2D eigenvalue weighted by atomic mass is 14.7. The predicted molar refractivity (Wildman–Crippen MR) is 88.5 cm³/mol. The minimum Gasteiger partial charge on any atom is -0.252 e. The van der Waals surface area contributed by atoms with Crippen molar-refractivity contribution in [2.24, 2.45) is 0 Å². The van der Waals surface area contributed by atoms with Gasteiger partial charge in [0.2, 0.25) is 0 Å². The molecule has 0 aliphatic heterocycles. The molecule has 21 heavy (non-hydrogen) atoms. The van der Waals surface area contributed by atoms with Crippen molar-refractivity contribution in [2.45, 2.75) is 6.42 Å². The fraction of sp³-hybridized carbons (Fsp3) is 0.0500. The summed E-state index contributed by atoms with van der Waals surface area (Å²) >= 11 is 0. The Morgan fingerprint density at radius 1 is 0.714 bits per heavy atom. The van der Waals surface area contributed by atoms with Gasteiger partial charge in [0, 0.05) is 17.2 Å². The number of aromatic nitrogens is 1. The summed E-state index contributed by atoms with van der Waals surface area (Å²) in [6, 6.07) is 24.9. The van der Waals surface area contributed by atoms with Crippen molar-refractivity contribution in [2.75, 3.05) is 0 Å². The Morgan fingerprint density at radius 2 is 1.43 bits per heavy atom. The summed E-state index contributed by atoms with van der Waals surface area (Å²) in [5.74, 6) is 0. The van der Waals surface area contributed by atoms with E-state index in [4.69, 9.17) is 6.35 Å². The fourth-order valence-corrected chi connectivity index (χ4v) is 2.81. The van der Waals surface area contributed by atoms with Gasteiger partial charge in [0.1, 0.15) is 0 Å². The van der Waals surface area contributed by atoms with Crippen LogP contribution in [0.2, 0.25) is 0 Å². The van der Waals surface area contributed by atoms with E-state index in [-0.39, 0.29) is 0 Å². The van der Waals surface area contributed by atoms with E-state index in [1.165, 1.54) is 5.56 Å². The quantitative estimate of drug-likeness (QED) is 0.468. The van der Waals surface area contributed by atoms with Crippen LogP contribution in [-0.2, 0) is 6.42 Å². The van der Waals surface area contributed by atoms with Gasteiger partial charge in [0.15, 0.2) is 0 Å². The Bertz CT molecular complexity index is 961. The Morgan fingerprint density at radius 3 is 2.33 bits per heavy atom. The summed E-state index contributed by atoms with van der Waals surface area (Å²) in [4.78, 5) is 4.86. The molecular weight excluding hydrogens is 254 g/mol. The number of hydrogen-bond acceptors (Lipinski definition) is 1. The lowest BCUT2D eigenvalue weighted by Gasteiger charge is -2.09. The van der Waals surface area contributed by atoms with Crippen LogP contribution in [-0.4, -0.2) is 4.98 Å². The van der Waals surface area contributed by atoms with Crippen molar-refractivity contribution in [3.63, 3.8) is 0 Å². The third kappa shape index (κ3) is 2.17. The van der Waals surface area contributed by atoms with Gasteiger partial charge in [0.25, 0.3) is 0 Å². The molecule has 0 saturated carbocycles. The molecule has 100 valence electrons. The van der Waals surface area contributed by atoms with Crippen molar-refractivity contribution in [1.29, 1.82) is 0 Å². The number of pyridine rings is 1. The lowest BCUT2D eigenvalue weighted by molar-refractivity contribution is 1.12. The van der Waals surface area contributed by atoms with Crippen molar-refractivity contribution in [3.8, 4) is 0 Å². The number of fused-ring (bicyclic) bond motifs is 3. The van der Waals surface area contributed by atoms with Gasteiger partial charge in [0.05, 0.1) is 12.6 Å². The van der Waals surface area contributed by atoms with Crippen LogP contribution in [0.4, 0.5) is 0 Å². The Kier molecular flexibility index (Phi) is 2.64. The standard InChI is InChI=1S/C20H15N/c1-2-8-15(9-3-1)14-20-18-12-5-4-10-16(18)17-11-6-7-13-19(17)21-20/h1-13H,14H2/i10D. The number of nitrogens with zero attached hydrogens (tertiary/aromatic N) is 1. The Hall–Kier alpha value is -2.67. The number of rotatable bonds is 2. The maximum absolute atomic E-state index is 8.29. The molecule has 3 aromatic carbocycles. The predicted octanol–water partition coefficient (Wildman–Crippen LogP) is 4.98. The molecule has 0 fully saturated rings. The molecule has 0 aliphatic carbocycles. The zero-order chi connectivity index (χ0) is 14.9. The molecule has 0 saturated heterocycles. The van der Waals surface area contributed by atoms with Crippen molar-refractivity contribution < 1.29 is 1.37 Å². The molecular formula is C20H15N. The third-order valence-electron chi connectivity index (χ3n) is 3.81. The van der Waals surface area contributed by atoms with Gasteiger partial charge in [-0.2, -0.15) is 0 Å². The van der Waals surface area contributed by atoms with E-state index in [0.29, 0.717) is 6.04 Å². The molecule has 0 bridgehead atoms. The summed E-state index contributed by atoms with van der Waals surface area (Å²) in [5.41, 5.74) is 3.23. The highest BCUT2D eigenvalue weighted by Gasteiger charge is 2.08. The van der Waals surface area contributed by atoms with Crippen LogP contribution in [0.3, 0.4) is 0 Å². The zero-order valence-corrected chi connectivity index (χ0v) is 11.6. The van der Waals surface area contributed by atoms with Crippen LogP contribution >= 0.6 is 0 Å². The highest BCUT2D eigenvalue weighted by Crippen LogP contribution is 2.27. The summed E-state index contributed by atoms with van der Waals surface area (Å²) < 4.78 is 8.29. The second kappa shape index (κ2) is 5.02. The highest BCUT2D eigenvalue weighted by molar-refractivity contribution is 6.06. The minimum atomic E-state index is 0.561. The fourth-order valence-electron chi connectivity index (χ4n) is 2.81. The molecule has 0 unspecified atom stereocenters. The third-order valence-corrected chi connectivity index (χ3v) is 3.81. The molecule has 1 nitrogen and oxygen atoms in total. The summed E-state index contributed by atoms with van der Waals surface area (Å²) in [6.07, 6.45) is 0.783. The lowest BCUT2D eigenvalue weighted by atomic mass is 10.0. The molecule has 4 rings (SSSR count). The Balaban J connectivity index is 2.02. The molecule has 1 heterocycles. The molecule has 0 spiro atoms. The van der Waals surface area contributed by atoms with E-state index in [9.17, 15) is 0 Å².